The molecule has 1 unspecified atom stereocenters. The van der Waals surface area contributed by atoms with Gasteiger partial charge in [0.1, 0.15) is 5.75 Å². The van der Waals surface area contributed by atoms with E-state index in [-0.39, 0.29) is 0 Å². The molecular formula is C14H22N2O. The molecule has 17 heavy (non-hydrogen) atoms. The second kappa shape index (κ2) is 5.92. The van der Waals surface area contributed by atoms with E-state index in [9.17, 15) is 0 Å². The molecular weight excluding hydrogens is 212 g/mol. The van der Waals surface area contributed by atoms with E-state index in [2.05, 4.69) is 29.3 Å². The predicted octanol–water partition coefficient (Wildman–Crippen LogP) is 2.13. The lowest BCUT2D eigenvalue weighted by atomic mass is 10.1. The molecule has 1 aromatic carbocycles. The van der Waals surface area contributed by atoms with Crippen molar-refractivity contribution in [2.45, 2.75) is 13.3 Å². The van der Waals surface area contributed by atoms with Crippen molar-refractivity contribution in [3.8, 4) is 5.75 Å². The van der Waals surface area contributed by atoms with E-state index in [0.717, 1.165) is 31.9 Å². The van der Waals surface area contributed by atoms with Gasteiger partial charge in [-0.1, -0.05) is 6.92 Å². The molecule has 1 aliphatic rings. The van der Waals surface area contributed by atoms with Gasteiger partial charge in [-0.2, -0.15) is 0 Å². The van der Waals surface area contributed by atoms with Crippen molar-refractivity contribution in [2.24, 2.45) is 5.92 Å². The van der Waals surface area contributed by atoms with Gasteiger partial charge in [-0.25, -0.2) is 0 Å². The van der Waals surface area contributed by atoms with Crippen LogP contribution in [0.2, 0.25) is 0 Å². The molecule has 1 fully saturated rings. The summed E-state index contributed by atoms with van der Waals surface area (Å²) in [4.78, 5) is 2.48. The summed E-state index contributed by atoms with van der Waals surface area (Å²) >= 11 is 0. The van der Waals surface area contributed by atoms with Crippen LogP contribution in [-0.2, 0) is 0 Å². The second-order valence-corrected chi connectivity index (χ2v) is 4.81. The average molecular weight is 234 g/mol. The first-order valence-electron chi connectivity index (χ1n) is 6.39. The Kier molecular flexibility index (Phi) is 4.26. The Morgan fingerprint density at radius 1 is 1.29 bits per heavy atom. The van der Waals surface area contributed by atoms with Crippen molar-refractivity contribution in [2.75, 3.05) is 38.2 Å². The van der Waals surface area contributed by atoms with Gasteiger partial charge in [0, 0.05) is 18.8 Å². The van der Waals surface area contributed by atoms with Crippen LogP contribution in [0.5, 0.6) is 5.75 Å². The Morgan fingerprint density at radius 2 is 2.06 bits per heavy atom. The molecule has 0 amide bonds. The molecule has 94 valence electrons. The third-order valence-corrected chi connectivity index (χ3v) is 3.24. The summed E-state index contributed by atoms with van der Waals surface area (Å²) in [5, 5.41) is 3.48. The van der Waals surface area contributed by atoms with E-state index in [1.807, 2.05) is 12.1 Å². The normalized spacial score (nSPS) is 21.8. The standard InChI is InChI=1S/C14H22N2O/c1-12-10-15-8-3-9-16(11-12)13-4-6-14(17-2)7-5-13/h4-7,12,15H,3,8-11H2,1-2H3. The summed E-state index contributed by atoms with van der Waals surface area (Å²) in [5.74, 6) is 1.62. The topological polar surface area (TPSA) is 24.5 Å². The van der Waals surface area contributed by atoms with Crippen LogP contribution in [0.3, 0.4) is 0 Å². The van der Waals surface area contributed by atoms with Crippen molar-refractivity contribution in [3.63, 3.8) is 0 Å². The van der Waals surface area contributed by atoms with E-state index in [0.29, 0.717) is 5.92 Å². The Morgan fingerprint density at radius 3 is 2.76 bits per heavy atom. The summed E-state index contributed by atoms with van der Waals surface area (Å²) in [7, 11) is 1.71. The lowest BCUT2D eigenvalue weighted by Gasteiger charge is -2.30. The summed E-state index contributed by atoms with van der Waals surface area (Å²) in [6, 6.07) is 8.38. The zero-order valence-corrected chi connectivity index (χ0v) is 10.8. The minimum Gasteiger partial charge on any atom is -0.497 e. The van der Waals surface area contributed by atoms with Crippen LogP contribution in [0.1, 0.15) is 13.3 Å². The van der Waals surface area contributed by atoms with Gasteiger partial charge in [-0.15, -0.1) is 0 Å². The molecule has 1 atom stereocenters. The Hall–Kier alpha value is -1.22. The number of nitrogens with one attached hydrogen (secondary N) is 1. The van der Waals surface area contributed by atoms with Crippen molar-refractivity contribution < 1.29 is 4.74 Å². The number of anilines is 1. The van der Waals surface area contributed by atoms with E-state index < -0.39 is 0 Å². The number of rotatable bonds is 2. The minimum atomic E-state index is 0.692. The lowest BCUT2D eigenvalue weighted by Crippen LogP contribution is -2.38. The molecule has 0 bridgehead atoms. The number of nitrogens with zero attached hydrogens (tertiary/aromatic N) is 1. The van der Waals surface area contributed by atoms with Crippen LogP contribution in [0.15, 0.2) is 24.3 Å². The molecule has 1 aromatic rings. The first-order valence-corrected chi connectivity index (χ1v) is 6.39. The molecule has 0 radical (unpaired) electrons. The van der Waals surface area contributed by atoms with Gasteiger partial charge in [-0.3, -0.25) is 0 Å². The highest BCUT2D eigenvalue weighted by atomic mass is 16.5. The zero-order chi connectivity index (χ0) is 12.1. The van der Waals surface area contributed by atoms with Crippen LogP contribution in [0, 0.1) is 5.92 Å². The summed E-state index contributed by atoms with van der Waals surface area (Å²) in [6.07, 6.45) is 1.21. The molecule has 0 saturated carbocycles. The maximum atomic E-state index is 5.19. The largest absolute Gasteiger partial charge is 0.497 e. The summed E-state index contributed by atoms with van der Waals surface area (Å²) in [6.45, 7) is 6.79. The number of hydrogen-bond donors (Lipinski definition) is 1. The van der Waals surface area contributed by atoms with Gasteiger partial charge < -0.3 is 15.0 Å². The van der Waals surface area contributed by atoms with Crippen molar-refractivity contribution in [3.05, 3.63) is 24.3 Å². The van der Waals surface area contributed by atoms with Gasteiger partial charge in [-0.05, 0) is 49.7 Å². The van der Waals surface area contributed by atoms with E-state index >= 15 is 0 Å². The molecule has 0 aliphatic carbocycles. The van der Waals surface area contributed by atoms with Crippen LogP contribution in [0.4, 0.5) is 5.69 Å². The van der Waals surface area contributed by atoms with Crippen LogP contribution in [0.25, 0.3) is 0 Å². The zero-order valence-electron chi connectivity index (χ0n) is 10.8. The number of ether oxygens (including phenoxy) is 1. The van der Waals surface area contributed by atoms with E-state index in [1.165, 1.54) is 12.1 Å². The molecule has 1 heterocycles. The highest BCUT2D eigenvalue weighted by Gasteiger charge is 2.13. The summed E-state index contributed by atoms with van der Waals surface area (Å²) < 4.78 is 5.19. The van der Waals surface area contributed by atoms with Gasteiger partial charge in [0.25, 0.3) is 0 Å². The third-order valence-electron chi connectivity index (χ3n) is 3.24. The maximum Gasteiger partial charge on any atom is 0.119 e. The highest BCUT2D eigenvalue weighted by Crippen LogP contribution is 2.20. The molecule has 3 heteroatoms. The minimum absolute atomic E-state index is 0.692. The fourth-order valence-corrected chi connectivity index (χ4v) is 2.30. The van der Waals surface area contributed by atoms with Crippen molar-refractivity contribution in [1.82, 2.24) is 5.32 Å². The third kappa shape index (κ3) is 3.37. The molecule has 1 N–H and O–H groups in total. The van der Waals surface area contributed by atoms with Crippen LogP contribution >= 0.6 is 0 Å². The number of hydrogen-bond acceptors (Lipinski definition) is 3. The first kappa shape index (κ1) is 12.2. The van der Waals surface area contributed by atoms with E-state index in [1.54, 1.807) is 7.11 Å². The van der Waals surface area contributed by atoms with Gasteiger partial charge >= 0.3 is 0 Å². The van der Waals surface area contributed by atoms with Gasteiger partial charge in [0.05, 0.1) is 7.11 Å². The van der Waals surface area contributed by atoms with Gasteiger partial charge in [0.2, 0.25) is 0 Å². The Bertz CT molecular complexity index is 337. The lowest BCUT2D eigenvalue weighted by molar-refractivity contribution is 0.414. The van der Waals surface area contributed by atoms with Crippen molar-refractivity contribution in [1.29, 1.82) is 0 Å². The maximum absolute atomic E-state index is 5.19. The fourth-order valence-electron chi connectivity index (χ4n) is 2.30. The highest BCUT2D eigenvalue weighted by molar-refractivity contribution is 5.49. The monoisotopic (exact) mass is 234 g/mol. The summed E-state index contributed by atoms with van der Waals surface area (Å²) in [5.41, 5.74) is 1.31. The molecule has 1 saturated heterocycles. The average Bonchev–Trinajstić information content (AvgIpc) is 2.34. The molecule has 0 aromatic heterocycles. The van der Waals surface area contributed by atoms with Gasteiger partial charge in [0.15, 0.2) is 0 Å². The number of methoxy groups -OCH3 is 1. The molecule has 0 spiro atoms. The molecule has 2 rings (SSSR count). The Labute approximate surface area is 104 Å². The number of benzene rings is 1. The quantitative estimate of drug-likeness (QED) is 0.848. The smallest absolute Gasteiger partial charge is 0.119 e. The molecule has 1 aliphatic heterocycles. The molecule has 3 nitrogen and oxygen atoms in total. The van der Waals surface area contributed by atoms with E-state index in [4.69, 9.17) is 4.74 Å². The van der Waals surface area contributed by atoms with Crippen LogP contribution in [-0.4, -0.2) is 33.3 Å². The van der Waals surface area contributed by atoms with Crippen molar-refractivity contribution >= 4 is 5.69 Å². The predicted molar refractivity (Wildman–Crippen MR) is 71.9 cm³/mol. The van der Waals surface area contributed by atoms with Crippen LogP contribution < -0.4 is 15.0 Å². The second-order valence-electron chi connectivity index (χ2n) is 4.81. The Balaban J connectivity index is 2.06. The first-order chi connectivity index (χ1) is 8.29. The SMILES string of the molecule is COc1ccc(N2CCCNCC(C)C2)cc1. The fraction of sp³-hybridized carbons (Fsp3) is 0.571.